The summed E-state index contributed by atoms with van der Waals surface area (Å²) >= 11 is 0. The van der Waals surface area contributed by atoms with Gasteiger partial charge in [-0.15, -0.1) is 0 Å². The lowest BCUT2D eigenvalue weighted by molar-refractivity contribution is -0.141. The first-order valence-corrected chi connectivity index (χ1v) is 8.44. The van der Waals surface area contributed by atoms with Crippen LogP contribution in [0.4, 0.5) is 10.2 Å². The number of fused-ring (bicyclic) bond motifs is 2. The number of ether oxygens (including phenoxy) is 1. The Morgan fingerprint density at radius 1 is 1.42 bits per heavy atom. The number of aryl methyl sites for hydroxylation is 1. The summed E-state index contributed by atoms with van der Waals surface area (Å²) in [7, 11) is 1.33. The largest absolute Gasteiger partial charge is 0.468 e. The first-order valence-electron chi connectivity index (χ1n) is 8.44. The topological polar surface area (TPSA) is 81.9 Å². The van der Waals surface area contributed by atoms with E-state index in [-0.39, 0.29) is 18.4 Å². The molecular formula is C18H18FN5O2. The van der Waals surface area contributed by atoms with Gasteiger partial charge in [-0.05, 0) is 42.5 Å². The smallest absolute Gasteiger partial charge is 0.327 e. The van der Waals surface area contributed by atoms with Crippen molar-refractivity contribution < 1.29 is 13.9 Å². The molecule has 1 unspecified atom stereocenters. The summed E-state index contributed by atoms with van der Waals surface area (Å²) in [4.78, 5) is 20.1. The number of aromatic nitrogens is 4. The Morgan fingerprint density at radius 2 is 2.31 bits per heavy atom. The molecule has 1 atom stereocenters. The summed E-state index contributed by atoms with van der Waals surface area (Å²) < 4.78 is 19.9. The van der Waals surface area contributed by atoms with Crippen LogP contribution in [0, 0.1) is 5.82 Å². The molecule has 2 heterocycles. The molecule has 0 aliphatic heterocycles. The van der Waals surface area contributed by atoms with Crippen LogP contribution in [0.15, 0.2) is 30.7 Å². The summed E-state index contributed by atoms with van der Waals surface area (Å²) in [5, 5.41) is 8.32. The number of carbonyl (C=O) groups excluding carboxylic acids is 1. The third kappa shape index (κ3) is 2.98. The SMILES string of the molecule is COC(=O)Cn1ncc2c(NC3CCCc4ccc(F)cc43)ncnc21. The molecule has 4 rings (SSSR count). The number of nitrogens with one attached hydrogen (secondary N) is 1. The van der Waals surface area contributed by atoms with Crippen LogP contribution in [-0.4, -0.2) is 32.8 Å². The molecule has 3 aromatic rings. The van der Waals surface area contributed by atoms with Gasteiger partial charge in [0.25, 0.3) is 0 Å². The van der Waals surface area contributed by atoms with Crippen LogP contribution in [0.25, 0.3) is 11.0 Å². The lowest BCUT2D eigenvalue weighted by atomic mass is 9.87. The van der Waals surface area contributed by atoms with Gasteiger partial charge in [0.2, 0.25) is 0 Å². The number of halogens is 1. The molecule has 0 saturated heterocycles. The fraction of sp³-hybridized carbons (Fsp3) is 0.333. The van der Waals surface area contributed by atoms with Crippen LogP contribution in [0.1, 0.15) is 30.0 Å². The molecule has 26 heavy (non-hydrogen) atoms. The molecule has 0 bridgehead atoms. The van der Waals surface area contributed by atoms with E-state index < -0.39 is 5.97 Å². The first kappa shape index (κ1) is 16.4. The summed E-state index contributed by atoms with van der Waals surface area (Å²) in [6.07, 6.45) is 5.90. The summed E-state index contributed by atoms with van der Waals surface area (Å²) in [6.45, 7) is -0.0199. The number of hydrogen-bond acceptors (Lipinski definition) is 6. The molecule has 0 radical (unpaired) electrons. The number of rotatable bonds is 4. The van der Waals surface area contributed by atoms with Gasteiger partial charge in [0.15, 0.2) is 5.65 Å². The third-order valence-electron chi connectivity index (χ3n) is 4.67. The first-order chi connectivity index (χ1) is 12.7. The van der Waals surface area contributed by atoms with Crippen molar-refractivity contribution in [2.24, 2.45) is 0 Å². The molecule has 2 aromatic heterocycles. The van der Waals surface area contributed by atoms with Crippen LogP contribution in [0.5, 0.6) is 0 Å². The van der Waals surface area contributed by atoms with Crippen molar-refractivity contribution in [1.29, 1.82) is 0 Å². The number of carbonyl (C=O) groups is 1. The molecule has 1 aliphatic carbocycles. The van der Waals surface area contributed by atoms with Gasteiger partial charge in [-0.3, -0.25) is 4.79 Å². The van der Waals surface area contributed by atoms with E-state index in [1.807, 2.05) is 6.07 Å². The molecule has 0 saturated carbocycles. The van der Waals surface area contributed by atoms with Crippen LogP contribution in [-0.2, 0) is 22.5 Å². The molecular weight excluding hydrogens is 337 g/mol. The maximum atomic E-state index is 13.7. The van der Waals surface area contributed by atoms with Gasteiger partial charge in [0.05, 0.1) is 24.7 Å². The summed E-state index contributed by atoms with van der Waals surface area (Å²) in [5.41, 5.74) is 2.66. The second-order valence-corrected chi connectivity index (χ2v) is 6.27. The Bertz CT molecular complexity index is 971. The number of esters is 1. The van der Waals surface area contributed by atoms with Gasteiger partial charge in [-0.25, -0.2) is 19.0 Å². The summed E-state index contributed by atoms with van der Waals surface area (Å²) in [6, 6.07) is 4.91. The molecule has 1 aromatic carbocycles. The van der Waals surface area contributed by atoms with Crippen LogP contribution in [0.3, 0.4) is 0 Å². The van der Waals surface area contributed by atoms with Crippen LogP contribution < -0.4 is 5.32 Å². The lowest BCUT2D eigenvalue weighted by Gasteiger charge is -2.27. The molecule has 7 nitrogen and oxygen atoms in total. The highest BCUT2D eigenvalue weighted by atomic mass is 19.1. The van der Waals surface area contributed by atoms with E-state index in [0.29, 0.717) is 16.9 Å². The van der Waals surface area contributed by atoms with Crippen molar-refractivity contribution in [2.75, 3.05) is 12.4 Å². The zero-order valence-electron chi connectivity index (χ0n) is 14.3. The van der Waals surface area contributed by atoms with Gasteiger partial charge in [-0.2, -0.15) is 5.10 Å². The van der Waals surface area contributed by atoms with E-state index in [4.69, 9.17) is 0 Å². The number of nitrogens with zero attached hydrogens (tertiary/aromatic N) is 4. The van der Waals surface area contributed by atoms with Crippen LogP contribution >= 0.6 is 0 Å². The number of anilines is 1. The Hall–Kier alpha value is -3.03. The average Bonchev–Trinajstić information content (AvgIpc) is 3.06. The van der Waals surface area contributed by atoms with Crippen molar-refractivity contribution in [3.8, 4) is 0 Å². The number of benzene rings is 1. The van der Waals surface area contributed by atoms with Crippen molar-refractivity contribution in [2.45, 2.75) is 31.8 Å². The minimum atomic E-state index is -0.403. The molecule has 0 spiro atoms. The second kappa shape index (κ2) is 6.70. The highest BCUT2D eigenvalue weighted by Crippen LogP contribution is 2.34. The van der Waals surface area contributed by atoms with E-state index in [0.717, 1.165) is 30.4 Å². The van der Waals surface area contributed by atoms with E-state index in [2.05, 4.69) is 25.1 Å². The van der Waals surface area contributed by atoms with E-state index in [1.54, 1.807) is 12.3 Å². The van der Waals surface area contributed by atoms with E-state index in [1.165, 1.54) is 24.2 Å². The molecule has 1 N–H and O–H groups in total. The minimum absolute atomic E-state index is 0.0199. The Labute approximate surface area is 149 Å². The Balaban J connectivity index is 1.67. The Kier molecular flexibility index (Phi) is 4.24. The Morgan fingerprint density at radius 3 is 3.15 bits per heavy atom. The van der Waals surface area contributed by atoms with Gasteiger partial charge < -0.3 is 10.1 Å². The highest BCUT2D eigenvalue weighted by molar-refractivity contribution is 5.87. The predicted molar refractivity (Wildman–Crippen MR) is 93.0 cm³/mol. The molecule has 0 amide bonds. The molecule has 1 aliphatic rings. The maximum Gasteiger partial charge on any atom is 0.327 e. The summed E-state index contributed by atoms with van der Waals surface area (Å²) in [5.74, 6) is -0.0239. The number of hydrogen-bond donors (Lipinski definition) is 1. The van der Waals surface area contributed by atoms with Gasteiger partial charge >= 0.3 is 5.97 Å². The van der Waals surface area contributed by atoms with Crippen molar-refractivity contribution in [3.05, 3.63) is 47.7 Å². The number of methoxy groups -OCH3 is 1. The zero-order valence-corrected chi connectivity index (χ0v) is 14.3. The van der Waals surface area contributed by atoms with Gasteiger partial charge in [-0.1, -0.05) is 6.07 Å². The highest BCUT2D eigenvalue weighted by Gasteiger charge is 2.22. The van der Waals surface area contributed by atoms with Crippen LogP contribution in [0.2, 0.25) is 0 Å². The van der Waals surface area contributed by atoms with E-state index in [9.17, 15) is 9.18 Å². The quantitative estimate of drug-likeness (QED) is 0.725. The second-order valence-electron chi connectivity index (χ2n) is 6.27. The monoisotopic (exact) mass is 355 g/mol. The predicted octanol–water partition coefficient (Wildman–Crippen LogP) is 2.63. The minimum Gasteiger partial charge on any atom is -0.468 e. The maximum absolute atomic E-state index is 13.7. The fourth-order valence-corrected chi connectivity index (χ4v) is 3.40. The molecule has 0 fully saturated rings. The van der Waals surface area contributed by atoms with Crippen molar-refractivity contribution >= 4 is 22.8 Å². The normalized spacial score (nSPS) is 16.3. The molecule has 134 valence electrons. The zero-order chi connectivity index (χ0) is 18.1. The van der Waals surface area contributed by atoms with Gasteiger partial charge in [0.1, 0.15) is 24.5 Å². The van der Waals surface area contributed by atoms with Crippen molar-refractivity contribution in [3.63, 3.8) is 0 Å². The average molecular weight is 355 g/mol. The lowest BCUT2D eigenvalue weighted by Crippen LogP contribution is -2.18. The van der Waals surface area contributed by atoms with Gasteiger partial charge in [0, 0.05) is 0 Å². The fourth-order valence-electron chi connectivity index (χ4n) is 3.40. The third-order valence-corrected chi connectivity index (χ3v) is 4.67. The molecule has 8 heteroatoms. The van der Waals surface area contributed by atoms with Crippen molar-refractivity contribution in [1.82, 2.24) is 19.7 Å². The van der Waals surface area contributed by atoms with E-state index >= 15 is 0 Å². The standard InChI is InChI=1S/C18H18FN5O2/c1-26-16(25)9-24-18-14(8-22-24)17(20-10-21-18)23-15-4-2-3-11-5-6-12(19)7-13(11)15/h5-8,10,15H,2-4,9H2,1H3,(H,20,21,23).